The van der Waals surface area contributed by atoms with Gasteiger partial charge in [-0.3, -0.25) is 0 Å². The molecule has 0 aromatic heterocycles. The van der Waals surface area contributed by atoms with E-state index >= 15 is 0 Å². The van der Waals surface area contributed by atoms with Gasteiger partial charge in [-0.15, -0.1) is 5.48 Å². The van der Waals surface area contributed by atoms with Crippen LogP contribution in [0.15, 0.2) is 0 Å². The molecule has 1 aliphatic heterocycles. The third-order valence-corrected chi connectivity index (χ3v) is 1.29. The normalized spacial score (nSPS) is 23.1. The van der Waals surface area contributed by atoms with E-state index in [1.807, 2.05) is 0 Å². The van der Waals surface area contributed by atoms with E-state index in [9.17, 15) is 4.79 Å². The molecule has 0 aliphatic carbocycles. The van der Waals surface area contributed by atoms with Crippen LogP contribution in [0.1, 0.15) is 21.7 Å². The fourth-order valence-corrected chi connectivity index (χ4v) is 0.806. The first-order chi connectivity index (χ1) is 4.20. The first kappa shape index (κ1) is 9.39. The number of hydrogen-bond acceptors (Lipinski definition) is 3. The van der Waals surface area contributed by atoms with Crippen LogP contribution in [0.2, 0.25) is 0 Å². The molecule has 1 heterocycles. The molecule has 0 spiro atoms. The molecule has 1 saturated heterocycles. The van der Waals surface area contributed by atoms with Gasteiger partial charge < -0.3 is 10.3 Å². The van der Waals surface area contributed by atoms with Crippen molar-refractivity contribution in [2.75, 3.05) is 0 Å². The molecule has 3 N–H and O–H groups in total. The van der Waals surface area contributed by atoms with Gasteiger partial charge >= 0.3 is 5.97 Å². The van der Waals surface area contributed by atoms with Gasteiger partial charge in [0.05, 0.1) is 0 Å². The average Bonchev–Trinajstić information content (AvgIpc) is 1.79. The Hall–Kier alpha value is -0.610. The van der Waals surface area contributed by atoms with Crippen molar-refractivity contribution in [3.63, 3.8) is 0 Å². The SMILES string of the molecule is CC(C)C[C@H]1NOC1=O.O.[HH]. The second kappa shape index (κ2) is 3.53. The van der Waals surface area contributed by atoms with Gasteiger partial charge in [0.15, 0.2) is 0 Å². The Labute approximate surface area is 61.3 Å². The van der Waals surface area contributed by atoms with Crippen molar-refractivity contribution >= 4 is 5.97 Å². The number of hydrogen-bond donors (Lipinski definition) is 1. The maximum Gasteiger partial charge on any atom is 0.345 e. The Morgan fingerprint density at radius 3 is 2.50 bits per heavy atom. The van der Waals surface area contributed by atoms with E-state index < -0.39 is 0 Å². The van der Waals surface area contributed by atoms with Crippen molar-refractivity contribution in [1.29, 1.82) is 0 Å². The molecule has 1 atom stereocenters. The summed E-state index contributed by atoms with van der Waals surface area (Å²) in [4.78, 5) is 14.8. The lowest BCUT2D eigenvalue weighted by atomic mass is 10.0. The Balaban J connectivity index is 0. The number of hydroxylamine groups is 1. The minimum Gasteiger partial charge on any atom is -0.412 e. The number of carbonyl (C=O) groups excluding carboxylic acids is 1. The van der Waals surface area contributed by atoms with E-state index in [-0.39, 0.29) is 18.9 Å². The highest BCUT2D eigenvalue weighted by Gasteiger charge is 2.30. The predicted octanol–water partition coefficient (Wildman–Crippen LogP) is -0.116. The van der Waals surface area contributed by atoms with Gasteiger partial charge in [-0.25, -0.2) is 4.79 Å². The summed E-state index contributed by atoms with van der Waals surface area (Å²) in [6.07, 6.45) is 0.874. The van der Waals surface area contributed by atoms with Crippen LogP contribution < -0.4 is 5.48 Å². The zero-order valence-corrected chi connectivity index (χ0v) is 6.18. The van der Waals surface area contributed by atoms with Crippen molar-refractivity contribution in [2.45, 2.75) is 26.3 Å². The van der Waals surface area contributed by atoms with Gasteiger partial charge in [0.2, 0.25) is 0 Å². The molecule has 0 amide bonds. The van der Waals surface area contributed by atoms with Gasteiger partial charge in [0.25, 0.3) is 0 Å². The zero-order valence-electron chi connectivity index (χ0n) is 6.18. The van der Waals surface area contributed by atoms with E-state index in [1.165, 1.54) is 0 Å². The molecular formula is C6H15NO3. The molecule has 4 heteroatoms. The van der Waals surface area contributed by atoms with E-state index in [4.69, 9.17) is 0 Å². The van der Waals surface area contributed by atoms with Crippen molar-refractivity contribution in [3.8, 4) is 0 Å². The molecule has 0 aromatic rings. The Morgan fingerprint density at radius 1 is 1.80 bits per heavy atom. The molecule has 1 aliphatic rings. The van der Waals surface area contributed by atoms with E-state index in [2.05, 4.69) is 24.2 Å². The Morgan fingerprint density at radius 2 is 2.40 bits per heavy atom. The van der Waals surface area contributed by atoms with Crippen molar-refractivity contribution in [3.05, 3.63) is 0 Å². The predicted molar refractivity (Wildman–Crippen MR) is 38.2 cm³/mol. The molecule has 10 heavy (non-hydrogen) atoms. The molecule has 0 unspecified atom stereocenters. The van der Waals surface area contributed by atoms with Crippen LogP contribution in [-0.4, -0.2) is 17.5 Å². The third kappa shape index (κ3) is 1.97. The zero-order chi connectivity index (χ0) is 6.85. The quantitative estimate of drug-likeness (QED) is 0.595. The summed E-state index contributed by atoms with van der Waals surface area (Å²) in [6.45, 7) is 4.15. The minimum absolute atomic E-state index is 0. The summed E-state index contributed by atoms with van der Waals surface area (Å²) in [7, 11) is 0. The highest BCUT2D eigenvalue weighted by molar-refractivity contribution is 5.79. The third-order valence-electron chi connectivity index (χ3n) is 1.29. The van der Waals surface area contributed by atoms with Gasteiger partial charge in [-0.05, 0) is 12.3 Å². The molecule has 0 bridgehead atoms. The van der Waals surface area contributed by atoms with Gasteiger partial charge in [0.1, 0.15) is 6.04 Å². The van der Waals surface area contributed by atoms with Crippen molar-refractivity contribution in [2.24, 2.45) is 5.92 Å². The molecule has 1 fully saturated rings. The lowest BCUT2D eigenvalue weighted by molar-refractivity contribution is -0.181. The van der Waals surface area contributed by atoms with Crippen LogP contribution in [0.5, 0.6) is 0 Å². The van der Waals surface area contributed by atoms with Gasteiger partial charge in [-0.1, -0.05) is 13.8 Å². The molecular weight excluding hydrogens is 134 g/mol. The highest BCUT2D eigenvalue weighted by Crippen LogP contribution is 2.10. The fourth-order valence-electron chi connectivity index (χ4n) is 0.806. The maximum atomic E-state index is 10.5. The van der Waals surface area contributed by atoms with Crippen LogP contribution >= 0.6 is 0 Å². The molecule has 1 rings (SSSR count). The highest BCUT2D eigenvalue weighted by atomic mass is 16.7. The summed E-state index contributed by atoms with van der Waals surface area (Å²) >= 11 is 0. The van der Waals surface area contributed by atoms with Crippen LogP contribution in [0.4, 0.5) is 0 Å². The molecule has 0 radical (unpaired) electrons. The van der Waals surface area contributed by atoms with E-state index in [1.54, 1.807) is 0 Å². The molecule has 0 aromatic carbocycles. The summed E-state index contributed by atoms with van der Waals surface area (Å²) in [5.41, 5.74) is 2.58. The molecule has 62 valence electrons. The van der Waals surface area contributed by atoms with Crippen LogP contribution in [-0.2, 0) is 9.63 Å². The smallest absolute Gasteiger partial charge is 0.345 e. The number of nitrogens with one attached hydrogen (secondary N) is 1. The Kier molecular flexibility index (Phi) is 3.32. The lowest BCUT2D eigenvalue weighted by Gasteiger charge is -2.25. The number of rotatable bonds is 2. The van der Waals surface area contributed by atoms with Crippen LogP contribution in [0.3, 0.4) is 0 Å². The lowest BCUT2D eigenvalue weighted by Crippen LogP contribution is -2.51. The molecule has 4 nitrogen and oxygen atoms in total. The summed E-state index contributed by atoms with van der Waals surface area (Å²) in [6, 6.07) is -0.0370. The number of carbonyl (C=O) groups is 1. The summed E-state index contributed by atoms with van der Waals surface area (Å²) < 4.78 is 0. The van der Waals surface area contributed by atoms with Crippen molar-refractivity contribution < 1.29 is 16.5 Å². The maximum absolute atomic E-state index is 10.5. The topological polar surface area (TPSA) is 69.8 Å². The largest absolute Gasteiger partial charge is 0.412 e. The van der Waals surface area contributed by atoms with E-state index in [0.29, 0.717) is 5.92 Å². The average molecular weight is 149 g/mol. The monoisotopic (exact) mass is 149 g/mol. The van der Waals surface area contributed by atoms with Crippen LogP contribution in [0.25, 0.3) is 0 Å². The minimum atomic E-state index is -0.122. The summed E-state index contributed by atoms with van der Waals surface area (Å²) in [5, 5.41) is 0. The summed E-state index contributed by atoms with van der Waals surface area (Å²) in [5.74, 6) is 0.430. The van der Waals surface area contributed by atoms with E-state index in [0.717, 1.165) is 6.42 Å². The second-order valence-corrected chi connectivity index (χ2v) is 2.72. The van der Waals surface area contributed by atoms with Gasteiger partial charge in [-0.2, -0.15) is 0 Å². The van der Waals surface area contributed by atoms with Gasteiger partial charge in [0, 0.05) is 1.43 Å². The first-order valence-electron chi connectivity index (χ1n) is 3.16. The fraction of sp³-hybridized carbons (Fsp3) is 0.833. The Bertz CT molecular complexity index is 129. The second-order valence-electron chi connectivity index (χ2n) is 2.72. The van der Waals surface area contributed by atoms with Crippen molar-refractivity contribution in [1.82, 2.24) is 5.48 Å². The van der Waals surface area contributed by atoms with Crippen LogP contribution in [0, 0.1) is 5.92 Å². The standard InChI is InChI=1S/C6H11NO2.H2O.H2/c1-4(2)3-5-6(8)9-7-5;;/h4-5,7H,3H2,1-2H3;1H2;1H/t5-;;/m1../s1. The first-order valence-corrected chi connectivity index (χ1v) is 3.16. The molecule has 0 saturated carbocycles.